The lowest BCUT2D eigenvalue weighted by Gasteiger charge is -2.30. The van der Waals surface area contributed by atoms with E-state index in [4.69, 9.17) is 11.6 Å². The highest BCUT2D eigenvalue weighted by Gasteiger charge is 2.45. The largest absolute Gasteiger partial charge is 0.347 e. The minimum absolute atomic E-state index is 0.0117. The summed E-state index contributed by atoms with van der Waals surface area (Å²) in [6.45, 7) is 3.78. The molecule has 10 heteroatoms. The Kier molecular flexibility index (Phi) is 6.94. The fraction of sp³-hybridized carbons (Fsp3) is 0.440. The number of likely N-dealkylation sites (tertiary alicyclic amines) is 1. The molecule has 0 spiro atoms. The van der Waals surface area contributed by atoms with Crippen molar-refractivity contribution in [1.29, 1.82) is 0 Å². The standard InChI is InChI=1S/C25H27ClF2N2O4S/c1-13-9-21(30(14(13)2)25(32)16-5-4-6-18(10-16)35(3,33)34)24(31)29-23(15-7-8-15)17-11-19(27)22(26)20(28)12-17/h4-6,10-15,21,23H,7-9H2,1-3H3,(H,29,31)/t13-,14-,21-,23?/m1/s1. The monoisotopic (exact) mass is 524 g/mol. The quantitative estimate of drug-likeness (QED) is 0.563. The zero-order valence-electron chi connectivity index (χ0n) is 19.6. The first kappa shape index (κ1) is 25.6. The number of rotatable bonds is 6. The van der Waals surface area contributed by atoms with Crippen LogP contribution < -0.4 is 5.32 Å². The maximum Gasteiger partial charge on any atom is 0.254 e. The highest BCUT2D eigenvalue weighted by molar-refractivity contribution is 7.90. The van der Waals surface area contributed by atoms with Crippen LogP contribution in [0.25, 0.3) is 0 Å². The number of nitrogens with zero attached hydrogens (tertiary/aromatic N) is 1. The van der Waals surface area contributed by atoms with Gasteiger partial charge in [-0.05, 0) is 73.9 Å². The summed E-state index contributed by atoms with van der Waals surface area (Å²) >= 11 is 5.62. The van der Waals surface area contributed by atoms with Gasteiger partial charge in [0.15, 0.2) is 9.84 Å². The van der Waals surface area contributed by atoms with Crippen molar-refractivity contribution in [3.05, 3.63) is 64.2 Å². The number of carbonyl (C=O) groups excluding carboxylic acids is 2. The van der Waals surface area contributed by atoms with Crippen LogP contribution >= 0.6 is 11.6 Å². The average molecular weight is 525 g/mol. The van der Waals surface area contributed by atoms with Gasteiger partial charge < -0.3 is 10.2 Å². The third kappa shape index (κ3) is 5.21. The average Bonchev–Trinajstić information content (AvgIpc) is 3.59. The van der Waals surface area contributed by atoms with Crippen LogP contribution in [0, 0.1) is 23.5 Å². The molecule has 4 rings (SSSR count). The van der Waals surface area contributed by atoms with Crippen LogP contribution in [0.4, 0.5) is 8.78 Å². The second-order valence-electron chi connectivity index (χ2n) is 9.60. The van der Waals surface area contributed by atoms with Gasteiger partial charge in [-0.15, -0.1) is 0 Å². The summed E-state index contributed by atoms with van der Waals surface area (Å²) in [5.74, 6) is -2.61. The smallest absolute Gasteiger partial charge is 0.254 e. The molecule has 1 unspecified atom stereocenters. The molecule has 1 aliphatic heterocycles. The van der Waals surface area contributed by atoms with E-state index in [1.165, 1.54) is 29.2 Å². The van der Waals surface area contributed by atoms with Gasteiger partial charge in [0.2, 0.25) is 5.91 Å². The Labute approximate surface area is 208 Å². The van der Waals surface area contributed by atoms with Gasteiger partial charge in [0.25, 0.3) is 5.91 Å². The Balaban J connectivity index is 1.61. The Morgan fingerprint density at radius 1 is 1.11 bits per heavy atom. The molecular formula is C25H27ClF2N2O4S. The Bertz CT molecular complexity index is 1260. The molecular weight excluding hydrogens is 498 g/mol. The van der Waals surface area contributed by atoms with Gasteiger partial charge in [-0.1, -0.05) is 24.6 Å². The number of hydrogen-bond acceptors (Lipinski definition) is 4. The first-order valence-electron chi connectivity index (χ1n) is 11.5. The van der Waals surface area contributed by atoms with Crippen molar-refractivity contribution in [3.63, 3.8) is 0 Å². The van der Waals surface area contributed by atoms with Crippen LogP contribution in [0.5, 0.6) is 0 Å². The van der Waals surface area contributed by atoms with E-state index in [9.17, 15) is 26.8 Å². The van der Waals surface area contributed by atoms with Gasteiger partial charge in [0.05, 0.1) is 10.9 Å². The number of nitrogens with one attached hydrogen (secondary N) is 1. The van der Waals surface area contributed by atoms with Crippen molar-refractivity contribution < 1.29 is 26.8 Å². The highest BCUT2D eigenvalue weighted by Crippen LogP contribution is 2.42. The topological polar surface area (TPSA) is 83.6 Å². The normalized spacial score (nSPS) is 23.3. The Morgan fingerprint density at radius 3 is 2.31 bits per heavy atom. The van der Waals surface area contributed by atoms with Crippen molar-refractivity contribution in [1.82, 2.24) is 10.2 Å². The Hall–Kier alpha value is -2.52. The number of halogens is 3. The summed E-state index contributed by atoms with van der Waals surface area (Å²) in [5.41, 5.74) is 0.463. The van der Waals surface area contributed by atoms with Gasteiger partial charge in [-0.3, -0.25) is 9.59 Å². The van der Waals surface area contributed by atoms with Crippen LogP contribution in [-0.2, 0) is 14.6 Å². The summed E-state index contributed by atoms with van der Waals surface area (Å²) < 4.78 is 52.2. The molecule has 2 amide bonds. The summed E-state index contributed by atoms with van der Waals surface area (Å²) in [5, 5.41) is 2.32. The Morgan fingerprint density at radius 2 is 1.74 bits per heavy atom. The van der Waals surface area contributed by atoms with Gasteiger partial charge >= 0.3 is 0 Å². The molecule has 0 aromatic heterocycles. The van der Waals surface area contributed by atoms with Crippen LogP contribution in [0.2, 0.25) is 5.02 Å². The van der Waals surface area contributed by atoms with Crippen molar-refractivity contribution >= 4 is 33.3 Å². The fourth-order valence-electron chi connectivity index (χ4n) is 4.70. The van der Waals surface area contributed by atoms with E-state index in [2.05, 4.69) is 5.32 Å². The number of carbonyl (C=O) groups is 2. The molecule has 2 aromatic carbocycles. The predicted molar refractivity (Wildman–Crippen MR) is 128 cm³/mol. The van der Waals surface area contributed by atoms with E-state index < -0.39 is 50.4 Å². The first-order valence-corrected chi connectivity index (χ1v) is 13.7. The zero-order valence-corrected chi connectivity index (χ0v) is 21.2. The van der Waals surface area contributed by atoms with E-state index in [0.717, 1.165) is 31.2 Å². The molecule has 35 heavy (non-hydrogen) atoms. The lowest BCUT2D eigenvalue weighted by atomic mass is 10.00. The molecule has 1 saturated heterocycles. The molecule has 2 aromatic rings. The predicted octanol–water partition coefficient (Wildman–Crippen LogP) is 4.53. The number of hydrogen-bond donors (Lipinski definition) is 1. The summed E-state index contributed by atoms with van der Waals surface area (Å²) in [6.07, 6.45) is 3.07. The van der Waals surface area contributed by atoms with Gasteiger partial charge in [-0.2, -0.15) is 0 Å². The molecule has 0 radical (unpaired) electrons. The summed E-state index contributed by atoms with van der Waals surface area (Å²) in [7, 11) is -3.52. The number of amides is 2. The lowest BCUT2D eigenvalue weighted by Crippen LogP contribution is -2.49. The lowest BCUT2D eigenvalue weighted by molar-refractivity contribution is -0.126. The summed E-state index contributed by atoms with van der Waals surface area (Å²) in [4.78, 5) is 28.4. The second kappa shape index (κ2) is 9.50. The number of sulfone groups is 1. The molecule has 1 N–H and O–H groups in total. The van der Waals surface area contributed by atoms with E-state index >= 15 is 0 Å². The molecule has 1 aliphatic carbocycles. The molecule has 0 bridgehead atoms. The first-order chi connectivity index (χ1) is 16.4. The zero-order chi connectivity index (χ0) is 25.7. The maximum atomic E-state index is 14.1. The van der Waals surface area contributed by atoms with E-state index in [-0.39, 0.29) is 33.9 Å². The van der Waals surface area contributed by atoms with Crippen LogP contribution in [0.1, 0.15) is 55.1 Å². The second-order valence-corrected chi connectivity index (χ2v) is 12.0. The molecule has 4 atom stereocenters. The minimum Gasteiger partial charge on any atom is -0.347 e. The third-order valence-electron chi connectivity index (χ3n) is 7.00. The van der Waals surface area contributed by atoms with E-state index in [1.807, 2.05) is 13.8 Å². The molecule has 2 aliphatic rings. The van der Waals surface area contributed by atoms with Crippen LogP contribution in [-0.4, -0.2) is 43.5 Å². The third-order valence-corrected chi connectivity index (χ3v) is 8.47. The minimum atomic E-state index is -3.52. The molecule has 2 fully saturated rings. The van der Waals surface area contributed by atoms with Crippen molar-refractivity contribution in [3.8, 4) is 0 Å². The van der Waals surface area contributed by atoms with Crippen LogP contribution in [0.15, 0.2) is 41.3 Å². The van der Waals surface area contributed by atoms with Crippen molar-refractivity contribution in [2.45, 2.75) is 56.1 Å². The highest BCUT2D eigenvalue weighted by atomic mass is 35.5. The summed E-state index contributed by atoms with van der Waals surface area (Å²) in [6, 6.07) is 6.32. The molecule has 1 heterocycles. The van der Waals surface area contributed by atoms with Crippen molar-refractivity contribution in [2.75, 3.05) is 6.26 Å². The fourth-order valence-corrected chi connectivity index (χ4v) is 5.47. The van der Waals surface area contributed by atoms with Crippen molar-refractivity contribution in [2.24, 2.45) is 11.8 Å². The maximum absolute atomic E-state index is 14.1. The van der Waals surface area contributed by atoms with Crippen LogP contribution in [0.3, 0.4) is 0 Å². The van der Waals surface area contributed by atoms with Gasteiger partial charge in [0.1, 0.15) is 22.7 Å². The molecule has 6 nitrogen and oxygen atoms in total. The van der Waals surface area contributed by atoms with Gasteiger partial charge in [0, 0.05) is 17.9 Å². The van der Waals surface area contributed by atoms with E-state index in [1.54, 1.807) is 0 Å². The molecule has 1 saturated carbocycles. The van der Waals surface area contributed by atoms with Gasteiger partial charge in [-0.25, -0.2) is 17.2 Å². The SMILES string of the molecule is C[C@@H]1C[C@H](C(=O)NC(c2cc(F)c(Cl)c(F)c2)C2CC2)N(C(=O)c2cccc(S(C)(=O)=O)c2)[C@@H]1C. The molecule has 188 valence electrons. The number of benzene rings is 2. The van der Waals surface area contributed by atoms with E-state index in [0.29, 0.717) is 6.42 Å².